The van der Waals surface area contributed by atoms with Crippen LogP contribution in [0.3, 0.4) is 0 Å². The van der Waals surface area contributed by atoms with Gasteiger partial charge in [-0.25, -0.2) is 4.79 Å². The van der Waals surface area contributed by atoms with E-state index in [-0.39, 0.29) is 5.91 Å². The first-order chi connectivity index (χ1) is 6.59. The van der Waals surface area contributed by atoms with Gasteiger partial charge in [0.05, 0.1) is 6.54 Å². The van der Waals surface area contributed by atoms with Crippen molar-refractivity contribution in [1.82, 2.24) is 15.1 Å². The van der Waals surface area contributed by atoms with E-state index in [0.717, 1.165) is 13.1 Å². The van der Waals surface area contributed by atoms with Crippen LogP contribution in [-0.4, -0.2) is 61.5 Å². The molecule has 0 aliphatic carbocycles. The third kappa shape index (κ3) is 3.21. The van der Waals surface area contributed by atoms with E-state index < -0.39 is 6.03 Å². The van der Waals surface area contributed by atoms with Crippen LogP contribution >= 0.6 is 0 Å². The van der Waals surface area contributed by atoms with Crippen LogP contribution in [0, 0.1) is 0 Å². The first-order valence-corrected chi connectivity index (χ1v) is 4.59. The van der Waals surface area contributed by atoms with E-state index in [1.807, 2.05) is 11.9 Å². The summed E-state index contributed by atoms with van der Waals surface area (Å²) in [6.45, 7) is 3.01. The first-order valence-electron chi connectivity index (χ1n) is 4.59. The van der Waals surface area contributed by atoms with E-state index in [1.165, 1.54) is 0 Å². The summed E-state index contributed by atoms with van der Waals surface area (Å²) >= 11 is 0. The molecule has 0 radical (unpaired) electrons. The Morgan fingerprint density at radius 2 is 2.29 bits per heavy atom. The lowest BCUT2D eigenvalue weighted by atomic mass is 10.3. The quantitative estimate of drug-likeness (QED) is 0.577. The van der Waals surface area contributed by atoms with Crippen molar-refractivity contribution in [1.29, 1.82) is 0 Å². The van der Waals surface area contributed by atoms with Crippen molar-refractivity contribution in [3.05, 3.63) is 0 Å². The molecule has 3 N–H and O–H groups in total. The smallest absolute Gasteiger partial charge is 0.312 e. The van der Waals surface area contributed by atoms with Gasteiger partial charge in [0.15, 0.2) is 0 Å². The molecular weight excluding hydrogens is 184 g/mol. The van der Waals surface area contributed by atoms with Crippen molar-refractivity contribution in [3.63, 3.8) is 0 Å². The lowest BCUT2D eigenvalue weighted by Crippen LogP contribution is -2.51. The third-order valence-corrected chi connectivity index (χ3v) is 2.19. The fourth-order valence-electron chi connectivity index (χ4n) is 1.38. The zero-order valence-electron chi connectivity index (χ0n) is 8.32. The van der Waals surface area contributed by atoms with Crippen LogP contribution in [0.25, 0.3) is 0 Å². The Kier molecular flexibility index (Phi) is 3.70. The lowest BCUT2D eigenvalue weighted by molar-refractivity contribution is -0.135. The number of hydrogen-bond acceptors (Lipinski definition) is 3. The van der Waals surface area contributed by atoms with Crippen molar-refractivity contribution >= 4 is 11.9 Å². The molecule has 0 unspecified atom stereocenters. The largest absolute Gasteiger partial charge is 0.352 e. The standard InChI is InChI=1S/C8H16N4O2/c1-11-4-5-12(7(13)6-11)3-2-10-8(9)14/h2-6H2,1H3,(H3,9,10,14). The molecule has 0 saturated carbocycles. The highest BCUT2D eigenvalue weighted by molar-refractivity contribution is 5.79. The second kappa shape index (κ2) is 4.80. The van der Waals surface area contributed by atoms with Crippen LogP contribution in [0.4, 0.5) is 4.79 Å². The Hall–Kier alpha value is -1.30. The summed E-state index contributed by atoms with van der Waals surface area (Å²) in [4.78, 5) is 25.5. The van der Waals surface area contributed by atoms with Gasteiger partial charge in [-0.05, 0) is 7.05 Å². The van der Waals surface area contributed by atoms with Crippen molar-refractivity contribution in [2.24, 2.45) is 5.73 Å². The van der Waals surface area contributed by atoms with E-state index in [2.05, 4.69) is 5.32 Å². The minimum atomic E-state index is -0.549. The SMILES string of the molecule is CN1CCN(CCNC(N)=O)C(=O)C1. The van der Waals surface area contributed by atoms with Gasteiger partial charge < -0.3 is 16.0 Å². The normalized spacial score (nSPS) is 18.4. The highest BCUT2D eigenvalue weighted by Gasteiger charge is 2.20. The van der Waals surface area contributed by atoms with E-state index in [9.17, 15) is 9.59 Å². The van der Waals surface area contributed by atoms with Gasteiger partial charge in [-0.2, -0.15) is 0 Å². The number of nitrogens with two attached hydrogens (primary N) is 1. The highest BCUT2D eigenvalue weighted by atomic mass is 16.2. The van der Waals surface area contributed by atoms with Gasteiger partial charge in [0.1, 0.15) is 0 Å². The number of urea groups is 1. The summed E-state index contributed by atoms with van der Waals surface area (Å²) < 4.78 is 0. The molecule has 0 bridgehead atoms. The number of primary amides is 1. The monoisotopic (exact) mass is 200 g/mol. The predicted molar refractivity (Wildman–Crippen MR) is 51.7 cm³/mol. The Morgan fingerprint density at radius 3 is 2.86 bits per heavy atom. The number of carbonyl (C=O) groups is 2. The van der Waals surface area contributed by atoms with E-state index in [1.54, 1.807) is 4.90 Å². The molecule has 3 amide bonds. The zero-order chi connectivity index (χ0) is 10.6. The molecule has 0 atom stereocenters. The van der Waals surface area contributed by atoms with Crippen LogP contribution in [0.2, 0.25) is 0 Å². The van der Waals surface area contributed by atoms with Gasteiger partial charge >= 0.3 is 6.03 Å². The Balaban J connectivity index is 2.24. The second-order valence-corrected chi connectivity index (χ2v) is 3.41. The zero-order valence-corrected chi connectivity index (χ0v) is 8.32. The number of nitrogens with zero attached hydrogens (tertiary/aromatic N) is 2. The number of hydrogen-bond donors (Lipinski definition) is 2. The van der Waals surface area contributed by atoms with E-state index >= 15 is 0 Å². The molecule has 1 fully saturated rings. The Bertz CT molecular complexity index is 231. The maximum absolute atomic E-state index is 11.4. The predicted octanol–water partition coefficient (Wildman–Crippen LogP) is -1.57. The molecule has 1 heterocycles. The summed E-state index contributed by atoms with van der Waals surface area (Å²) in [5, 5.41) is 2.46. The molecule has 1 saturated heterocycles. The second-order valence-electron chi connectivity index (χ2n) is 3.41. The lowest BCUT2D eigenvalue weighted by Gasteiger charge is -2.32. The highest BCUT2D eigenvalue weighted by Crippen LogP contribution is 1.99. The molecule has 0 aromatic heterocycles. The van der Waals surface area contributed by atoms with Gasteiger partial charge in [0.25, 0.3) is 0 Å². The van der Waals surface area contributed by atoms with Crippen LogP contribution in [0.5, 0.6) is 0 Å². The summed E-state index contributed by atoms with van der Waals surface area (Å²) in [6.07, 6.45) is 0. The first kappa shape index (κ1) is 10.8. The van der Waals surface area contributed by atoms with Gasteiger partial charge in [-0.1, -0.05) is 0 Å². The number of piperazine rings is 1. The van der Waals surface area contributed by atoms with Crippen LogP contribution < -0.4 is 11.1 Å². The number of likely N-dealkylation sites (N-methyl/N-ethyl adjacent to an activating group) is 1. The van der Waals surface area contributed by atoms with Crippen molar-refractivity contribution < 1.29 is 9.59 Å². The summed E-state index contributed by atoms with van der Waals surface area (Å²) in [6, 6.07) is -0.549. The van der Waals surface area contributed by atoms with Gasteiger partial charge in [-0.3, -0.25) is 9.69 Å². The van der Waals surface area contributed by atoms with Crippen molar-refractivity contribution in [2.75, 3.05) is 39.8 Å². The topological polar surface area (TPSA) is 78.7 Å². The average Bonchev–Trinajstić information content (AvgIpc) is 2.08. The average molecular weight is 200 g/mol. The van der Waals surface area contributed by atoms with Crippen LogP contribution in [0.15, 0.2) is 0 Å². The number of carbonyl (C=O) groups excluding carboxylic acids is 2. The maximum atomic E-state index is 11.4. The minimum Gasteiger partial charge on any atom is -0.352 e. The van der Waals surface area contributed by atoms with Crippen molar-refractivity contribution in [2.45, 2.75) is 0 Å². The molecule has 1 rings (SSSR count). The van der Waals surface area contributed by atoms with Gasteiger partial charge in [0, 0.05) is 26.2 Å². The van der Waals surface area contributed by atoms with Crippen LogP contribution in [-0.2, 0) is 4.79 Å². The minimum absolute atomic E-state index is 0.102. The number of amides is 3. The molecular formula is C8H16N4O2. The number of rotatable bonds is 3. The fourth-order valence-corrected chi connectivity index (χ4v) is 1.38. The fraction of sp³-hybridized carbons (Fsp3) is 0.750. The van der Waals surface area contributed by atoms with Gasteiger partial charge in [-0.15, -0.1) is 0 Å². The van der Waals surface area contributed by atoms with E-state index in [4.69, 9.17) is 5.73 Å². The molecule has 1 aliphatic heterocycles. The Labute approximate surface area is 83.0 Å². The van der Waals surface area contributed by atoms with E-state index in [0.29, 0.717) is 19.6 Å². The third-order valence-electron chi connectivity index (χ3n) is 2.19. The Morgan fingerprint density at radius 1 is 1.57 bits per heavy atom. The van der Waals surface area contributed by atoms with Gasteiger partial charge in [0.2, 0.25) is 5.91 Å². The summed E-state index contributed by atoms with van der Waals surface area (Å²) in [5.41, 5.74) is 4.90. The summed E-state index contributed by atoms with van der Waals surface area (Å²) in [7, 11) is 1.91. The summed E-state index contributed by atoms with van der Waals surface area (Å²) in [5.74, 6) is 0.102. The molecule has 6 nitrogen and oxygen atoms in total. The molecule has 0 spiro atoms. The molecule has 14 heavy (non-hydrogen) atoms. The number of nitrogens with one attached hydrogen (secondary N) is 1. The van der Waals surface area contributed by atoms with Crippen molar-refractivity contribution in [3.8, 4) is 0 Å². The molecule has 1 aliphatic rings. The molecule has 0 aromatic carbocycles. The van der Waals surface area contributed by atoms with Crippen LogP contribution in [0.1, 0.15) is 0 Å². The maximum Gasteiger partial charge on any atom is 0.312 e. The molecule has 80 valence electrons. The molecule has 0 aromatic rings. The molecule has 6 heteroatoms.